The van der Waals surface area contributed by atoms with E-state index in [1.54, 1.807) is 12.1 Å². The van der Waals surface area contributed by atoms with Crippen LogP contribution >= 0.6 is 11.6 Å². The van der Waals surface area contributed by atoms with Gasteiger partial charge in [0.1, 0.15) is 17.9 Å². The molecular weight excluding hydrogens is 484 g/mol. The fraction of sp³-hybridized carbons (Fsp3) is 0.296. The Bertz CT molecular complexity index is 1340. The number of nitrogens with zero attached hydrogens (tertiary/aromatic N) is 1. The van der Waals surface area contributed by atoms with Crippen molar-refractivity contribution in [2.75, 3.05) is 10.8 Å². The molecule has 1 amide bonds. The summed E-state index contributed by atoms with van der Waals surface area (Å²) in [7, 11) is -4.02. The summed E-state index contributed by atoms with van der Waals surface area (Å²) in [6, 6.07) is 18.5. The van der Waals surface area contributed by atoms with Crippen LogP contribution in [0.5, 0.6) is 5.75 Å². The van der Waals surface area contributed by atoms with E-state index in [2.05, 4.69) is 5.32 Å². The van der Waals surface area contributed by atoms with Gasteiger partial charge in [0.15, 0.2) is 0 Å². The fourth-order valence-corrected chi connectivity index (χ4v) is 5.78. The number of sulfonamides is 1. The molecule has 0 saturated carbocycles. The van der Waals surface area contributed by atoms with E-state index >= 15 is 0 Å². The van der Waals surface area contributed by atoms with Crippen molar-refractivity contribution >= 4 is 33.2 Å². The van der Waals surface area contributed by atoms with Crippen molar-refractivity contribution in [1.29, 1.82) is 0 Å². The zero-order valence-corrected chi connectivity index (χ0v) is 21.8. The lowest BCUT2D eigenvalue weighted by atomic mass is 9.89. The first-order valence-corrected chi connectivity index (χ1v) is 13.2. The van der Waals surface area contributed by atoms with Crippen LogP contribution in [0, 0.1) is 13.8 Å². The minimum Gasteiger partial charge on any atom is -0.487 e. The van der Waals surface area contributed by atoms with Gasteiger partial charge in [-0.05, 0) is 70.2 Å². The number of anilines is 1. The molecule has 4 rings (SSSR count). The summed E-state index contributed by atoms with van der Waals surface area (Å²) < 4.78 is 34.4. The van der Waals surface area contributed by atoms with Crippen molar-refractivity contribution in [2.45, 2.75) is 50.7 Å². The van der Waals surface area contributed by atoms with E-state index in [4.69, 9.17) is 16.3 Å². The Hall–Kier alpha value is -3.03. The summed E-state index contributed by atoms with van der Waals surface area (Å²) in [5.74, 6) is 0.319. The van der Waals surface area contributed by atoms with Crippen LogP contribution in [0.2, 0.25) is 5.02 Å². The highest BCUT2D eigenvalue weighted by Gasteiger charge is 2.35. The molecule has 0 aliphatic carbocycles. The highest BCUT2D eigenvalue weighted by atomic mass is 35.5. The first kappa shape index (κ1) is 25.1. The highest BCUT2D eigenvalue weighted by molar-refractivity contribution is 7.92. The van der Waals surface area contributed by atoms with Crippen molar-refractivity contribution in [3.8, 4) is 5.75 Å². The van der Waals surface area contributed by atoms with Crippen molar-refractivity contribution in [3.63, 3.8) is 0 Å². The van der Waals surface area contributed by atoms with E-state index in [1.165, 1.54) is 24.3 Å². The number of carbonyl (C=O) groups excluding carboxylic acids is 1. The number of fused-ring (bicyclic) bond motifs is 1. The normalized spacial score (nSPS) is 16.7. The maximum Gasteiger partial charge on any atom is 0.264 e. The number of benzene rings is 3. The van der Waals surface area contributed by atoms with Crippen LogP contribution in [-0.2, 0) is 14.8 Å². The van der Waals surface area contributed by atoms with Crippen LogP contribution in [-0.4, -0.2) is 26.5 Å². The third-order valence-electron chi connectivity index (χ3n) is 5.97. The first-order valence-electron chi connectivity index (χ1n) is 11.4. The molecule has 8 heteroatoms. The minimum absolute atomic E-state index is 0.0587. The number of nitrogens with one attached hydrogen (secondary N) is 1. The van der Waals surface area contributed by atoms with E-state index < -0.39 is 21.5 Å². The Morgan fingerprint density at radius 3 is 2.31 bits per heavy atom. The molecule has 35 heavy (non-hydrogen) atoms. The van der Waals surface area contributed by atoms with E-state index in [9.17, 15) is 13.2 Å². The summed E-state index contributed by atoms with van der Waals surface area (Å²) in [4.78, 5) is 13.4. The van der Waals surface area contributed by atoms with Crippen LogP contribution in [0.25, 0.3) is 0 Å². The number of hydrogen-bond acceptors (Lipinski definition) is 4. The van der Waals surface area contributed by atoms with Crippen LogP contribution in [0.3, 0.4) is 0 Å². The third kappa shape index (κ3) is 5.63. The second kappa shape index (κ2) is 9.55. The van der Waals surface area contributed by atoms with Gasteiger partial charge in [0.2, 0.25) is 5.91 Å². The Balaban J connectivity index is 1.65. The predicted octanol–water partition coefficient (Wildman–Crippen LogP) is 5.57. The van der Waals surface area contributed by atoms with E-state index in [1.807, 2.05) is 58.0 Å². The monoisotopic (exact) mass is 512 g/mol. The van der Waals surface area contributed by atoms with E-state index in [-0.39, 0.29) is 17.5 Å². The molecule has 0 saturated heterocycles. The van der Waals surface area contributed by atoms with Crippen molar-refractivity contribution in [3.05, 3.63) is 88.4 Å². The van der Waals surface area contributed by atoms with Crippen LogP contribution in [0.4, 0.5) is 5.69 Å². The molecule has 1 N–H and O–H groups in total. The van der Waals surface area contributed by atoms with Gasteiger partial charge in [0, 0.05) is 17.0 Å². The van der Waals surface area contributed by atoms with Gasteiger partial charge in [-0.2, -0.15) is 0 Å². The number of hydrogen-bond donors (Lipinski definition) is 1. The predicted molar refractivity (Wildman–Crippen MR) is 139 cm³/mol. The summed E-state index contributed by atoms with van der Waals surface area (Å²) in [6.07, 6.45) is 0.559. The standard InChI is InChI=1S/C27H29ClN2O4S/c1-18-5-10-21(11-6-18)30(35(32,33)22-12-8-20(28)9-13-22)17-26(31)29-24-16-27(3,4)34-25-14-7-19(2)15-23(24)25/h5-15,24H,16-17H2,1-4H3,(H,29,31). The number of amides is 1. The summed E-state index contributed by atoms with van der Waals surface area (Å²) >= 11 is 5.96. The van der Waals surface area contributed by atoms with Crippen molar-refractivity contribution in [2.24, 2.45) is 0 Å². The smallest absolute Gasteiger partial charge is 0.264 e. The van der Waals surface area contributed by atoms with Gasteiger partial charge < -0.3 is 10.1 Å². The van der Waals surface area contributed by atoms with Crippen LogP contribution < -0.4 is 14.4 Å². The molecule has 1 atom stereocenters. The fourth-order valence-electron chi connectivity index (χ4n) is 4.23. The number of ether oxygens (including phenoxy) is 1. The number of rotatable bonds is 6. The Kier molecular flexibility index (Phi) is 6.84. The average Bonchev–Trinajstić information content (AvgIpc) is 2.78. The molecule has 6 nitrogen and oxygen atoms in total. The molecule has 0 fully saturated rings. The first-order chi connectivity index (χ1) is 16.4. The second-order valence-corrected chi connectivity index (χ2v) is 11.8. The van der Waals surface area contributed by atoms with Gasteiger partial charge >= 0.3 is 0 Å². The molecule has 0 aromatic heterocycles. The molecule has 1 aliphatic heterocycles. The van der Waals surface area contributed by atoms with E-state index in [0.29, 0.717) is 17.1 Å². The maximum absolute atomic E-state index is 13.6. The van der Waals surface area contributed by atoms with Crippen LogP contribution in [0.1, 0.15) is 43.0 Å². The lowest BCUT2D eigenvalue weighted by Gasteiger charge is -2.38. The largest absolute Gasteiger partial charge is 0.487 e. The number of aryl methyl sites for hydroxylation is 2. The second-order valence-electron chi connectivity index (χ2n) is 9.53. The van der Waals surface area contributed by atoms with Crippen LogP contribution in [0.15, 0.2) is 71.6 Å². The summed E-state index contributed by atoms with van der Waals surface area (Å²) in [6.45, 7) is 7.47. The average molecular weight is 513 g/mol. The van der Waals surface area contributed by atoms with Gasteiger partial charge in [-0.25, -0.2) is 8.42 Å². The van der Waals surface area contributed by atoms with Gasteiger partial charge in [-0.1, -0.05) is 47.0 Å². The van der Waals surface area contributed by atoms with Gasteiger partial charge in [0.05, 0.1) is 16.6 Å². The third-order valence-corrected chi connectivity index (χ3v) is 8.01. The van der Waals surface area contributed by atoms with Crippen molar-refractivity contribution < 1.29 is 17.9 Å². The molecule has 3 aromatic rings. The zero-order chi connectivity index (χ0) is 25.4. The lowest BCUT2D eigenvalue weighted by Crippen LogP contribution is -2.45. The maximum atomic E-state index is 13.6. The molecule has 1 unspecified atom stereocenters. The Morgan fingerprint density at radius 2 is 1.66 bits per heavy atom. The van der Waals surface area contributed by atoms with Crippen molar-refractivity contribution in [1.82, 2.24) is 5.32 Å². The number of carbonyl (C=O) groups is 1. The summed E-state index contributed by atoms with van der Waals surface area (Å²) in [5.41, 5.74) is 2.85. The topological polar surface area (TPSA) is 75.7 Å². The molecular formula is C27H29ClN2O4S. The van der Waals surface area contributed by atoms with Gasteiger partial charge in [0.25, 0.3) is 10.0 Å². The Morgan fingerprint density at radius 1 is 1.03 bits per heavy atom. The SMILES string of the molecule is Cc1ccc(N(CC(=O)NC2CC(C)(C)Oc3ccc(C)cc32)S(=O)(=O)c2ccc(Cl)cc2)cc1. The zero-order valence-electron chi connectivity index (χ0n) is 20.2. The van der Waals surface area contributed by atoms with E-state index in [0.717, 1.165) is 26.7 Å². The lowest BCUT2D eigenvalue weighted by molar-refractivity contribution is -0.120. The molecule has 0 radical (unpaired) electrons. The van der Waals surface area contributed by atoms with Gasteiger partial charge in [-0.3, -0.25) is 9.10 Å². The highest BCUT2D eigenvalue weighted by Crippen LogP contribution is 2.40. The molecule has 0 bridgehead atoms. The minimum atomic E-state index is -4.02. The summed E-state index contributed by atoms with van der Waals surface area (Å²) in [5, 5.41) is 3.49. The Labute approximate surface area is 211 Å². The molecule has 0 spiro atoms. The quantitative estimate of drug-likeness (QED) is 0.468. The molecule has 1 heterocycles. The molecule has 3 aromatic carbocycles. The molecule has 1 aliphatic rings. The molecule has 184 valence electrons. The van der Waals surface area contributed by atoms with Gasteiger partial charge in [-0.15, -0.1) is 0 Å². The number of halogens is 1.